The summed E-state index contributed by atoms with van der Waals surface area (Å²) >= 11 is 9.12. The molecule has 0 spiro atoms. The summed E-state index contributed by atoms with van der Waals surface area (Å²) < 4.78 is 0.538. The summed E-state index contributed by atoms with van der Waals surface area (Å²) in [5, 5.41) is 10.4. The molecule has 0 radical (unpaired) electrons. The van der Waals surface area contributed by atoms with Crippen LogP contribution in [0.15, 0.2) is 16.6 Å². The van der Waals surface area contributed by atoms with Gasteiger partial charge in [0.05, 0.1) is 9.50 Å². The van der Waals surface area contributed by atoms with E-state index in [9.17, 15) is 5.11 Å². The van der Waals surface area contributed by atoms with Crippen LogP contribution in [0.2, 0.25) is 5.02 Å². The van der Waals surface area contributed by atoms with Crippen LogP contribution in [-0.2, 0) is 0 Å². The minimum atomic E-state index is -0.0766. The summed E-state index contributed by atoms with van der Waals surface area (Å²) in [5.41, 5.74) is 6.88. The van der Waals surface area contributed by atoms with Crippen LogP contribution < -0.4 is 5.73 Å². The Balaban J connectivity index is 2.31. The van der Waals surface area contributed by atoms with Gasteiger partial charge in [0.15, 0.2) is 0 Å². The maximum Gasteiger partial charge on any atom is 0.136 e. The average Bonchev–Trinajstić information content (AvgIpc) is 2.11. The van der Waals surface area contributed by atoms with Gasteiger partial charge in [0, 0.05) is 11.6 Å². The summed E-state index contributed by atoms with van der Waals surface area (Å²) in [6, 6.07) is 3.50. The summed E-state index contributed by atoms with van der Waals surface area (Å²) in [4.78, 5) is 0. The Morgan fingerprint density at radius 3 is 2.67 bits per heavy atom. The van der Waals surface area contributed by atoms with E-state index in [-0.39, 0.29) is 11.8 Å². The van der Waals surface area contributed by atoms with Crippen LogP contribution in [0.25, 0.3) is 0 Å². The lowest BCUT2D eigenvalue weighted by Crippen LogP contribution is -2.26. The van der Waals surface area contributed by atoms with E-state index in [1.54, 1.807) is 6.07 Å². The van der Waals surface area contributed by atoms with Gasteiger partial charge < -0.3 is 10.8 Å². The van der Waals surface area contributed by atoms with E-state index >= 15 is 0 Å². The van der Waals surface area contributed by atoms with Crippen LogP contribution in [0.3, 0.4) is 0 Å². The first kappa shape index (κ1) is 11.2. The van der Waals surface area contributed by atoms with Gasteiger partial charge >= 0.3 is 0 Å². The number of hydrogen-bond donors (Lipinski definition) is 2. The third kappa shape index (κ3) is 2.01. The van der Waals surface area contributed by atoms with E-state index in [4.69, 9.17) is 17.3 Å². The van der Waals surface area contributed by atoms with Crippen molar-refractivity contribution in [3.05, 3.63) is 27.2 Å². The molecular weight excluding hydrogens is 277 g/mol. The van der Waals surface area contributed by atoms with Crippen LogP contribution >= 0.6 is 27.5 Å². The molecule has 0 aliphatic heterocycles. The third-order valence-electron chi connectivity index (χ3n) is 3.12. The molecule has 0 saturated heterocycles. The van der Waals surface area contributed by atoms with Crippen molar-refractivity contribution in [1.82, 2.24) is 0 Å². The Bertz CT molecular complexity index is 379. The van der Waals surface area contributed by atoms with Crippen LogP contribution in [0.1, 0.15) is 30.9 Å². The molecule has 15 heavy (non-hydrogen) atoms. The molecule has 1 aliphatic rings. The van der Waals surface area contributed by atoms with E-state index in [1.165, 1.54) is 6.42 Å². The average molecular weight is 291 g/mol. The Morgan fingerprint density at radius 2 is 2.13 bits per heavy atom. The second kappa shape index (κ2) is 4.32. The fourth-order valence-corrected chi connectivity index (χ4v) is 2.39. The third-order valence-corrected chi connectivity index (χ3v) is 4.46. The summed E-state index contributed by atoms with van der Waals surface area (Å²) in [6.45, 7) is 0. The zero-order valence-corrected chi connectivity index (χ0v) is 10.6. The molecule has 2 nitrogen and oxygen atoms in total. The van der Waals surface area contributed by atoms with Gasteiger partial charge in [-0.15, -0.1) is 0 Å². The molecule has 0 amide bonds. The fourth-order valence-electron chi connectivity index (χ4n) is 1.88. The molecule has 1 aromatic carbocycles. The molecule has 3 N–H and O–H groups in total. The summed E-state index contributed by atoms with van der Waals surface area (Å²) in [7, 11) is 0. The Hall–Kier alpha value is -0.250. The molecule has 82 valence electrons. The Labute approximate surface area is 103 Å². The second-order valence-corrected chi connectivity index (χ2v) is 5.22. The lowest BCUT2D eigenvalue weighted by molar-refractivity contribution is 0.260. The Morgan fingerprint density at radius 1 is 1.47 bits per heavy atom. The van der Waals surface area contributed by atoms with Crippen LogP contribution in [0.4, 0.5) is 0 Å². The van der Waals surface area contributed by atoms with Crippen LogP contribution in [0, 0.1) is 5.92 Å². The quantitative estimate of drug-likeness (QED) is 0.874. The van der Waals surface area contributed by atoms with E-state index in [1.807, 2.05) is 6.07 Å². The zero-order valence-electron chi connectivity index (χ0n) is 8.21. The van der Waals surface area contributed by atoms with Crippen LogP contribution in [-0.4, -0.2) is 5.11 Å². The molecule has 0 unspecified atom stereocenters. The van der Waals surface area contributed by atoms with Crippen molar-refractivity contribution in [2.75, 3.05) is 0 Å². The standard InChI is InChI=1S/C11H13BrClNO/c12-9-8(13)5-4-7(11(9)15)10(14)6-2-1-3-6/h4-6,10,15H,1-3,14H2/t10-/m0/s1. The smallest absolute Gasteiger partial charge is 0.136 e. The molecule has 4 heteroatoms. The lowest BCUT2D eigenvalue weighted by atomic mass is 9.77. The van der Waals surface area contributed by atoms with Crippen LogP contribution in [0.5, 0.6) is 5.75 Å². The van der Waals surface area contributed by atoms with Gasteiger partial charge in [-0.3, -0.25) is 0 Å². The Kier molecular flexibility index (Phi) is 3.24. The van der Waals surface area contributed by atoms with E-state index in [0.717, 1.165) is 18.4 Å². The predicted octanol–water partition coefficient (Wildman–Crippen LogP) is 3.61. The van der Waals surface area contributed by atoms with Gasteiger partial charge in [-0.1, -0.05) is 24.1 Å². The molecule has 2 rings (SSSR count). The molecule has 1 fully saturated rings. The van der Waals surface area contributed by atoms with Gasteiger partial charge in [-0.2, -0.15) is 0 Å². The largest absolute Gasteiger partial charge is 0.506 e. The van der Waals surface area contributed by atoms with Crippen molar-refractivity contribution in [2.24, 2.45) is 11.7 Å². The maximum absolute atomic E-state index is 9.91. The van der Waals surface area contributed by atoms with E-state index < -0.39 is 0 Å². The first-order chi connectivity index (χ1) is 7.11. The lowest BCUT2D eigenvalue weighted by Gasteiger charge is -2.31. The first-order valence-electron chi connectivity index (χ1n) is 5.03. The molecule has 1 aromatic rings. The topological polar surface area (TPSA) is 46.2 Å². The zero-order chi connectivity index (χ0) is 11.0. The number of halogens is 2. The number of benzene rings is 1. The van der Waals surface area contributed by atoms with E-state index in [0.29, 0.717) is 15.4 Å². The maximum atomic E-state index is 9.91. The van der Waals surface area contributed by atoms with Crippen molar-refractivity contribution in [3.8, 4) is 5.75 Å². The number of aromatic hydroxyl groups is 1. The highest BCUT2D eigenvalue weighted by Crippen LogP contribution is 2.42. The fraction of sp³-hybridized carbons (Fsp3) is 0.455. The van der Waals surface area contributed by atoms with Gasteiger partial charge in [-0.25, -0.2) is 0 Å². The van der Waals surface area contributed by atoms with Gasteiger partial charge in [0.2, 0.25) is 0 Å². The molecule has 0 heterocycles. The van der Waals surface area contributed by atoms with Gasteiger partial charge in [-0.05, 0) is 40.8 Å². The highest BCUT2D eigenvalue weighted by molar-refractivity contribution is 9.10. The SMILES string of the molecule is N[C@H](c1ccc(Cl)c(Br)c1O)C1CCC1. The van der Waals surface area contributed by atoms with Crippen molar-refractivity contribution < 1.29 is 5.11 Å². The number of phenols is 1. The van der Waals surface area contributed by atoms with Crippen molar-refractivity contribution in [1.29, 1.82) is 0 Å². The minimum absolute atomic E-state index is 0.0766. The number of nitrogens with two attached hydrogens (primary N) is 1. The van der Waals surface area contributed by atoms with Crippen molar-refractivity contribution in [3.63, 3.8) is 0 Å². The second-order valence-electron chi connectivity index (χ2n) is 4.02. The molecular formula is C11H13BrClNO. The summed E-state index contributed by atoms with van der Waals surface area (Å²) in [5.74, 6) is 0.686. The molecule has 0 aromatic heterocycles. The van der Waals surface area contributed by atoms with Gasteiger partial charge in [0.25, 0.3) is 0 Å². The highest BCUT2D eigenvalue weighted by Gasteiger charge is 2.28. The normalized spacial score (nSPS) is 18.6. The first-order valence-corrected chi connectivity index (χ1v) is 6.21. The van der Waals surface area contributed by atoms with Crippen molar-refractivity contribution in [2.45, 2.75) is 25.3 Å². The molecule has 1 aliphatic carbocycles. The van der Waals surface area contributed by atoms with Gasteiger partial charge in [0.1, 0.15) is 5.75 Å². The highest BCUT2D eigenvalue weighted by atomic mass is 79.9. The van der Waals surface area contributed by atoms with Crippen molar-refractivity contribution >= 4 is 27.5 Å². The molecule has 1 atom stereocenters. The summed E-state index contributed by atoms with van der Waals surface area (Å²) in [6.07, 6.45) is 3.55. The number of phenolic OH excluding ortho intramolecular Hbond substituents is 1. The van der Waals surface area contributed by atoms with E-state index in [2.05, 4.69) is 15.9 Å². The molecule has 1 saturated carbocycles. The predicted molar refractivity (Wildman–Crippen MR) is 65.1 cm³/mol. The molecule has 0 bridgehead atoms. The number of rotatable bonds is 2. The monoisotopic (exact) mass is 289 g/mol. The minimum Gasteiger partial charge on any atom is -0.506 e. The number of hydrogen-bond acceptors (Lipinski definition) is 2.